The van der Waals surface area contributed by atoms with Crippen LogP contribution in [0.15, 0.2) is 0 Å². The van der Waals surface area contributed by atoms with E-state index in [2.05, 4.69) is 0 Å². The summed E-state index contributed by atoms with van der Waals surface area (Å²) in [5.74, 6) is 0. The highest BCUT2D eigenvalue weighted by Gasteiger charge is 2.31. The lowest BCUT2D eigenvalue weighted by atomic mass is 9.96. The second-order valence-corrected chi connectivity index (χ2v) is 4.14. The van der Waals surface area contributed by atoms with Gasteiger partial charge in [0.1, 0.15) is 0 Å². The van der Waals surface area contributed by atoms with Crippen molar-refractivity contribution in [1.29, 1.82) is 0 Å². The van der Waals surface area contributed by atoms with Crippen LogP contribution in [0.4, 0.5) is 4.79 Å². The number of likely N-dealkylation sites (tertiary alicyclic amines) is 1. The summed E-state index contributed by atoms with van der Waals surface area (Å²) in [6.07, 6.45) is 2.13. The van der Waals surface area contributed by atoms with Gasteiger partial charge in [-0.1, -0.05) is 6.92 Å². The molecule has 82 valence electrons. The van der Waals surface area contributed by atoms with E-state index in [0.717, 1.165) is 19.3 Å². The van der Waals surface area contributed by atoms with Gasteiger partial charge >= 0.3 is 6.09 Å². The van der Waals surface area contributed by atoms with E-state index in [0.29, 0.717) is 19.7 Å². The van der Waals surface area contributed by atoms with Crippen molar-refractivity contribution in [1.82, 2.24) is 4.90 Å². The summed E-state index contributed by atoms with van der Waals surface area (Å²) in [4.78, 5) is 13.0. The van der Waals surface area contributed by atoms with Crippen molar-refractivity contribution in [2.75, 3.05) is 19.7 Å². The fourth-order valence-corrected chi connectivity index (χ4v) is 1.66. The van der Waals surface area contributed by atoms with E-state index >= 15 is 0 Å². The summed E-state index contributed by atoms with van der Waals surface area (Å²) in [7, 11) is 0. The summed E-state index contributed by atoms with van der Waals surface area (Å²) in [6.45, 7) is 5.25. The topological polar surface area (TPSA) is 49.8 Å². The van der Waals surface area contributed by atoms with Crippen LogP contribution in [0.2, 0.25) is 0 Å². The molecule has 0 bridgehead atoms. The number of β-amino-alcohol motifs (C(OH)–C–C–N with tert-alkyl or cyclic N) is 1. The molecule has 1 N–H and O–H groups in total. The Morgan fingerprint density at radius 3 is 2.93 bits per heavy atom. The molecule has 1 heterocycles. The van der Waals surface area contributed by atoms with Gasteiger partial charge in [-0.2, -0.15) is 0 Å². The molecule has 1 saturated heterocycles. The smallest absolute Gasteiger partial charge is 0.409 e. The molecule has 0 aromatic carbocycles. The van der Waals surface area contributed by atoms with Crippen molar-refractivity contribution in [3.8, 4) is 0 Å². The predicted octanol–water partition coefficient (Wildman–Crippen LogP) is 1.38. The van der Waals surface area contributed by atoms with Crippen LogP contribution >= 0.6 is 0 Å². The number of nitrogens with zero attached hydrogens (tertiary/aromatic N) is 1. The van der Waals surface area contributed by atoms with Crippen molar-refractivity contribution in [3.63, 3.8) is 0 Å². The zero-order valence-electron chi connectivity index (χ0n) is 8.95. The lowest BCUT2D eigenvalue weighted by molar-refractivity contribution is -0.0158. The third kappa shape index (κ3) is 3.18. The van der Waals surface area contributed by atoms with Gasteiger partial charge in [-0.05, 0) is 26.2 Å². The number of amides is 1. The third-order valence-corrected chi connectivity index (χ3v) is 2.36. The maximum Gasteiger partial charge on any atom is 0.409 e. The van der Waals surface area contributed by atoms with Gasteiger partial charge in [0.05, 0.1) is 18.8 Å². The van der Waals surface area contributed by atoms with E-state index in [9.17, 15) is 9.90 Å². The van der Waals surface area contributed by atoms with Crippen LogP contribution < -0.4 is 0 Å². The molecule has 1 aliphatic rings. The van der Waals surface area contributed by atoms with Gasteiger partial charge in [0.25, 0.3) is 0 Å². The highest BCUT2D eigenvalue weighted by molar-refractivity contribution is 5.67. The monoisotopic (exact) mass is 201 g/mol. The molecule has 0 saturated carbocycles. The van der Waals surface area contributed by atoms with Crippen LogP contribution in [0, 0.1) is 0 Å². The molecule has 1 amide bonds. The largest absolute Gasteiger partial charge is 0.449 e. The summed E-state index contributed by atoms with van der Waals surface area (Å²) in [5, 5.41) is 9.77. The average Bonchev–Trinajstić information content (AvgIpc) is 2.12. The molecule has 0 aliphatic carbocycles. The van der Waals surface area contributed by atoms with Gasteiger partial charge in [-0.15, -0.1) is 0 Å². The van der Waals surface area contributed by atoms with Crippen molar-refractivity contribution in [3.05, 3.63) is 0 Å². The minimum atomic E-state index is -0.747. The van der Waals surface area contributed by atoms with Crippen LogP contribution in [0.1, 0.15) is 33.1 Å². The van der Waals surface area contributed by atoms with Crippen LogP contribution in [0.5, 0.6) is 0 Å². The zero-order chi connectivity index (χ0) is 10.6. The number of carbonyl (C=O) groups excluding carboxylic acids is 1. The normalized spacial score (nSPS) is 27.5. The van der Waals surface area contributed by atoms with Crippen molar-refractivity contribution < 1.29 is 14.6 Å². The van der Waals surface area contributed by atoms with Gasteiger partial charge in [0.15, 0.2) is 0 Å². The van der Waals surface area contributed by atoms with Gasteiger partial charge in [-0.25, -0.2) is 4.79 Å². The molecule has 1 atom stereocenters. The Bertz CT molecular complexity index is 204. The Balaban J connectivity index is 2.40. The molecule has 1 fully saturated rings. The number of hydrogen-bond acceptors (Lipinski definition) is 3. The summed E-state index contributed by atoms with van der Waals surface area (Å²) in [5.41, 5.74) is -0.747. The molecule has 0 radical (unpaired) electrons. The minimum absolute atomic E-state index is 0.299. The lowest BCUT2D eigenvalue weighted by Gasteiger charge is -2.36. The van der Waals surface area contributed by atoms with E-state index in [4.69, 9.17) is 4.74 Å². The highest BCUT2D eigenvalue weighted by Crippen LogP contribution is 2.20. The highest BCUT2D eigenvalue weighted by atomic mass is 16.6. The Morgan fingerprint density at radius 1 is 1.64 bits per heavy atom. The van der Waals surface area contributed by atoms with E-state index in [-0.39, 0.29) is 6.09 Å². The van der Waals surface area contributed by atoms with Crippen molar-refractivity contribution in [2.45, 2.75) is 38.7 Å². The number of carbonyl (C=O) groups is 1. The zero-order valence-corrected chi connectivity index (χ0v) is 8.95. The van der Waals surface area contributed by atoms with Crippen molar-refractivity contribution >= 4 is 6.09 Å². The number of ether oxygens (including phenoxy) is 1. The lowest BCUT2D eigenvalue weighted by Crippen LogP contribution is -2.48. The van der Waals surface area contributed by atoms with E-state index in [1.54, 1.807) is 11.8 Å². The van der Waals surface area contributed by atoms with Gasteiger partial charge in [0, 0.05) is 6.54 Å². The van der Waals surface area contributed by atoms with E-state index in [1.807, 2.05) is 6.92 Å². The summed E-state index contributed by atoms with van der Waals surface area (Å²) < 4.78 is 5.00. The predicted molar refractivity (Wildman–Crippen MR) is 53.1 cm³/mol. The molecule has 4 heteroatoms. The number of rotatable bonds is 2. The Kier molecular flexibility index (Phi) is 3.75. The molecule has 0 spiro atoms. The maximum absolute atomic E-state index is 11.4. The first-order valence-corrected chi connectivity index (χ1v) is 5.19. The van der Waals surface area contributed by atoms with E-state index < -0.39 is 5.60 Å². The molecule has 0 aromatic heterocycles. The fourth-order valence-electron chi connectivity index (χ4n) is 1.66. The van der Waals surface area contributed by atoms with Gasteiger partial charge in [-0.3, -0.25) is 0 Å². The van der Waals surface area contributed by atoms with Gasteiger partial charge < -0.3 is 14.7 Å². The number of piperidine rings is 1. The Morgan fingerprint density at radius 2 is 2.36 bits per heavy atom. The fraction of sp³-hybridized carbons (Fsp3) is 0.900. The second kappa shape index (κ2) is 4.64. The molecular weight excluding hydrogens is 182 g/mol. The molecule has 0 aromatic rings. The molecular formula is C10H19NO3. The number of aliphatic hydroxyl groups is 1. The van der Waals surface area contributed by atoms with Crippen molar-refractivity contribution in [2.24, 2.45) is 0 Å². The molecule has 1 rings (SSSR count). The first-order valence-electron chi connectivity index (χ1n) is 5.19. The third-order valence-electron chi connectivity index (χ3n) is 2.36. The van der Waals surface area contributed by atoms with Gasteiger partial charge in [0.2, 0.25) is 0 Å². The van der Waals surface area contributed by atoms with Crippen LogP contribution in [-0.2, 0) is 4.74 Å². The van der Waals surface area contributed by atoms with Crippen LogP contribution in [-0.4, -0.2) is 41.4 Å². The van der Waals surface area contributed by atoms with E-state index in [1.165, 1.54) is 0 Å². The Labute approximate surface area is 84.8 Å². The Hall–Kier alpha value is -0.770. The summed E-state index contributed by atoms with van der Waals surface area (Å²) in [6, 6.07) is 0. The molecule has 14 heavy (non-hydrogen) atoms. The van der Waals surface area contributed by atoms with Crippen LogP contribution in [0.25, 0.3) is 0 Å². The standard InChI is InChI=1S/C10H19NO3/c1-3-7-14-9(12)11-6-4-5-10(2,13)8-11/h13H,3-8H2,1-2H3. The quantitative estimate of drug-likeness (QED) is 0.734. The number of hydrogen-bond donors (Lipinski definition) is 1. The average molecular weight is 201 g/mol. The molecule has 4 nitrogen and oxygen atoms in total. The molecule has 1 aliphatic heterocycles. The minimum Gasteiger partial charge on any atom is -0.449 e. The molecule has 1 unspecified atom stereocenters. The first kappa shape index (κ1) is 11.3. The SMILES string of the molecule is CCCOC(=O)N1CCCC(C)(O)C1. The maximum atomic E-state index is 11.4. The summed E-state index contributed by atoms with van der Waals surface area (Å²) >= 11 is 0. The first-order chi connectivity index (χ1) is 6.55. The second-order valence-electron chi connectivity index (χ2n) is 4.14. The van der Waals surface area contributed by atoms with Crippen LogP contribution in [0.3, 0.4) is 0 Å².